The van der Waals surface area contributed by atoms with Gasteiger partial charge in [-0.05, 0) is 50.7 Å². The molecule has 2 rings (SSSR count). The Labute approximate surface area is 182 Å². The van der Waals surface area contributed by atoms with Crippen molar-refractivity contribution in [2.75, 3.05) is 24.4 Å². The SMILES string of the molecule is C=CCC(N)(CC=C)CCCCCOC1CCN(S(=O)(=O)Nc2ccccc2)CC1. The van der Waals surface area contributed by atoms with E-state index in [4.69, 9.17) is 10.5 Å². The van der Waals surface area contributed by atoms with Gasteiger partial charge in [-0.25, -0.2) is 0 Å². The molecule has 7 heteroatoms. The van der Waals surface area contributed by atoms with E-state index in [1.54, 1.807) is 12.1 Å². The highest BCUT2D eigenvalue weighted by molar-refractivity contribution is 7.90. The fourth-order valence-electron chi connectivity index (χ4n) is 3.83. The monoisotopic (exact) mass is 435 g/mol. The second-order valence-corrected chi connectivity index (χ2v) is 9.77. The van der Waals surface area contributed by atoms with Crippen LogP contribution in [0.3, 0.4) is 0 Å². The summed E-state index contributed by atoms with van der Waals surface area (Å²) in [6.45, 7) is 9.26. The van der Waals surface area contributed by atoms with Crippen molar-refractivity contribution < 1.29 is 13.2 Å². The highest BCUT2D eigenvalue weighted by Gasteiger charge is 2.28. The smallest absolute Gasteiger partial charge is 0.301 e. The van der Waals surface area contributed by atoms with Crippen LogP contribution in [0.15, 0.2) is 55.6 Å². The molecule has 30 heavy (non-hydrogen) atoms. The minimum atomic E-state index is -3.51. The first-order valence-electron chi connectivity index (χ1n) is 10.8. The van der Waals surface area contributed by atoms with Crippen molar-refractivity contribution in [3.8, 4) is 0 Å². The van der Waals surface area contributed by atoms with Gasteiger partial charge >= 0.3 is 10.2 Å². The second kappa shape index (κ2) is 12.2. The fourth-order valence-corrected chi connectivity index (χ4v) is 5.08. The van der Waals surface area contributed by atoms with Crippen LogP contribution in [0, 0.1) is 0 Å². The second-order valence-electron chi connectivity index (χ2n) is 8.10. The lowest BCUT2D eigenvalue weighted by Crippen LogP contribution is -2.43. The van der Waals surface area contributed by atoms with Crippen molar-refractivity contribution in [3.63, 3.8) is 0 Å². The van der Waals surface area contributed by atoms with Gasteiger partial charge in [0.15, 0.2) is 0 Å². The number of ether oxygens (including phenoxy) is 1. The van der Waals surface area contributed by atoms with Gasteiger partial charge in [-0.3, -0.25) is 4.72 Å². The number of nitrogens with two attached hydrogens (primary N) is 1. The molecule has 3 N–H and O–H groups in total. The Morgan fingerprint density at radius 3 is 2.33 bits per heavy atom. The van der Waals surface area contributed by atoms with Crippen molar-refractivity contribution >= 4 is 15.9 Å². The number of benzene rings is 1. The number of nitrogens with one attached hydrogen (secondary N) is 1. The number of para-hydroxylation sites is 1. The molecule has 1 heterocycles. The lowest BCUT2D eigenvalue weighted by molar-refractivity contribution is 0.0192. The molecule has 0 atom stereocenters. The summed E-state index contributed by atoms with van der Waals surface area (Å²) >= 11 is 0. The van der Waals surface area contributed by atoms with Gasteiger partial charge in [0.25, 0.3) is 0 Å². The highest BCUT2D eigenvalue weighted by atomic mass is 32.2. The predicted molar refractivity (Wildman–Crippen MR) is 125 cm³/mol. The molecular weight excluding hydrogens is 398 g/mol. The van der Waals surface area contributed by atoms with Crippen molar-refractivity contribution in [1.82, 2.24) is 4.31 Å². The summed E-state index contributed by atoms with van der Waals surface area (Å²) in [5, 5.41) is 0. The maximum atomic E-state index is 12.5. The van der Waals surface area contributed by atoms with Gasteiger partial charge < -0.3 is 10.5 Å². The Morgan fingerprint density at radius 1 is 1.10 bits per heavy atom. The summed E-state index contributed by atoms with van der Waals surface area (Å²) in [6.07, 6.45) is 11.0. The van der Waals surface area contributed by atoms with Crippen LogP contribution >= 0.6 is 0 Å². The van der Waals surface area contributed by atoms with E-state index < -0.39 is 10.2 Å². The molecule has 1 aliphatic heterocycles. The molecule has 0 aliphatic carbocycles. The van der Waals surface area contributed by atoms with E-state index in [-0.39, 0.29) is 11.6 Å². The normalized spacial score (nSPS) is 16.3. The molecule has 1 fully saturated rings. The van der Waals surface area contributed by atoms with Gasteiger partial charge in [0.2, 0.25) is 0 Å². The molecule has 1 aromatic carbocycles. The molecule has 0 radical (unpaired) electrons. The number of hydrogen-bond acceptors (Lipinski definition) is 4. The zero-order valence-electron chi connectivity index (χ0n) is 18.0. The molecule has 0 aromatic heterocycles. The molecule has 1 aromatic rings. The predicted octanol–water partition coefficient (Wildman–Crippen LogP) is 4.23. The Balaban J connectivity index is 1.62. The van der Waals surface area contributed by atoms with E-state index in [9.17, 15) is 8.42 Å². The summed E-state index contributed by atoms with van der Waals surface area (Å²) in [7, 11) is -3.51. The molecular formula is C23H37N3O3S. The lowest BCUT2D eigenvalue weighted by Gasteiger charge is -2.31. The van der Waals surface area contributed by atoms with Gasteiger partial charge in [0.1, 0.15) is 0 Å². The van der Waals surface area contributed by atoms with Gasteiger partial charge in [-0.15, -0.1) is 13.2 Å². The lowest BCUT2D eigenvalue weighted by atomic mass is 9.86. The average molecular weight is 436 g/mol. The van der Waals surface area contributed by atoms with E-state index >= 15 is 0 Å². The minimum absolute atomic E-state index is 0.128. The maximum Gasteiger partial charge on any atom is 0.301 e. The van der Waals surface area contributed by atoms with E-state index in [0.717, 1.165) is 51.4 Å². The van der Waals surface area contributed by atoms with E-state index in [1.807, 2.05) is 30.4 Å². The number of anilines is 1. The zero-order valence-corrected chi connectivity index (χ0v) is 18.8. The standard InChI is InChI=1S/C23H37N3O3S/c1-3-15-23(24,16-4-2)17-9-6-10-20-29-22-13-18-26(19-14-22)30(27,28)25-21-11-7-5-8-12-21/h3-5,7-8,11-12,22,25H,1-2,6,9-10,13-20,24H2. The molecule has 0 unspecified atom stereocenters. The van der Waals surface area contributed by atoms with Crippen LogP contribution in [0.5, 0.6) is 0 Å². The number of piperidine rings is 1. The topological polar surface area (TPSA) is 84.7 Å². The van der Waals surface area contributed by atoms with E-state index in [1.165, 1.54) is 4.31 Å². The number of rotatable bonds is 14. The molecule has 168 valence electrons. The number of hydrogen-bond donors (Lipinski definition) is 2. The summed E-state index contributed by atoms with van der Waals surface area (Å²) in [5.41, 5.74) is 6.77. The van der Waals surface area contributed by atoms with Gasteiger partial charge in [-0.2, -0.15) is 12.7 Å². The molecule has 0 spiro atoms. The quantitative estimate of drug-likeness (QED) is 0.338. The molecule has 0 saturated carbocycles. The Hall–Kier alpha value is -1.67. The Kier molecular flexibility index (Phi) is 10.0. The molecule has 1 aliphatic rings. The van der Waals surface area contributed by atoms with E-state index in [2.05, 4.69) is 17.9 Å². The van der Waals surface area contributed by atoms with Crippen molar-refractivity contribution in [1.29, 1.82) is 0 Å². The summed E-state index contributed by atoms with van der Waals surface area (Å²) < 4.78 is 35.2. The molecule has 0 amide bonds. The van der Waals surface area contributed by atoms with Crippen LogP contribution in [0.4, 0.5) is 5.69 Å². The molecule has 0 bridgehead atoms. The fraction of sp³-hybridized carbons (Fsp3) is 0.565. The third kappa shape index (κ3) is 8.22. The average Bonchev–Trinajstić information content (AvgIpc) is 2.72. The highest BCUT2D eigenvalue weighted by Crippen LogP contribution is 2.22. The number of unbranched alkanes of at least 4 members (excludes halogenated alkanes) is 2. The molecule has 6 nitrogen and oxygen atoms in total. The third-order valence-corrected chi connectivity index (χ3v) is 7.07. The van der Waals surface area contributed by atoms with Crippen molar-refractivity contribution in [3.05, 3.63) is 55.6 Å². The third-order valence-electron chi connectivity index (χ3n) is 5.54. The first-order valence-corrected chi connectivity index (χ1v) is 12.3. The van der Waals surface area contributed by atoms with Crippen LogP contribution in [0.2, 0.25) is 0 Å². The van der Waals surface area contributed by atoms with Crippen LogP contribution < -0.4 is 10.5 Å². The minimum Gasteiger partial charge on any atom is -0.378 e. The van der Waals surface area contributed by atoms with Gasteiger partial charge in [0, 0.05) is 30.9 Å². The van der Waals surface area contributed by atoms with Crippen LogP contribution in [0.25, 0.3) is 0 Å². The Bertz CT molecular complexity index is 734. The van der Waals surface area contributed by atoms with Gasteiger partial charge in [0.05, 0.1) is 6.10 Å². The number of nitrogens with zero attached hydrogens (tertiary/aromatic N) is 1. The van der Waals surface area contributed by atoms with Crippen LogP contribution in [-0.2, 0) is 14.9 Å². The largest absolute Gasteiger partial charge is 0.378 e. The summed E-state index contributed by atoms with van der Waals surface area (Å²) in [6, 6.07) is 8.97. The van der Waals surface area contributed by atoms with Crippen LogP contribution in [0.1, 0.15) is 51.4 Å². The van der Waals surface area contributed by atoms with Crippen molar-refractivity contribution in [2.24, 2.45) is 5.73 Å². The molecule has 1 saturated heterocycles. The zero-order chi connectivity index (χ0) is 21.9. The Morgan fingerprint density at radius 2 is 1.73 bits per heavy atom. The summed E-state index contributed by atoms with van der Waals surface area (Å²) in [4.78, 5) is 0. The van der Waals surface area contributed by atoms with Crippen LogP contribution in [-0.4, -0.2) is 44.1 Å². The first kappa shape index (κ1) is 24.6. The van der Waals surface area contributed by atoms with Gasteiger partial charge in [-0.1, -0.05) is 43.2 Å². The first-order chi connectivity index (χ1) is 14.4. The van der Waals surface area contributed by atoms with E-state index in [0.29, 0.717) is 25.4 Å². The maximum absolute atomic E-state index is 12.5. The van der Waals surface area contributed by atoms with Crippen molar-refractivity contribution in [2.45, 2.75) is 63.0 Å². The summed E-state index contributed by atoms with van der Waals surface area (Å²) in [5.74, 6) is 0.